The number of alkyl halides is 1. The van der Waals surface area contributed by atoms with Crippen molar-refractivity contribution in [3.05, 3.63) is 65.9 Å². The lowest BCUT2D eigenvalue weighted by atomic mass is 9.74. The zero-order valence-corrected chi connectivity index (χ0v) is 13.4. The zero-order valence-electron chi connectivity index (χ0n) is 13.4. The number of hydrogen-bond acceptors (Lipinski definition) is 4. The molecule has 0 bridgehead atoms. The van der Waals surface area contributed by atoms with Crippen LogP contribution in [0.5, 0.6) is 5.75 Å². The summed E-state index contributed by atoms with van der Waals surface area (Å²) in [5, 5.41) is 14.4. The van der Waals surface area contributed by atoms with E-state index in [9.17, 15) is 13.9 Å². The summed E-state index contributed by atoms with van der Waals surface area (Å²) in [7, 11) is 7.46. The molecule has 0 spiro atoms. The highest BCUT2D eigenvalue weighted by molar-refractivity contribution is 6.16. The van der Waals surface area contributed by atoms with E-state index in [-0.39, 0.29) is 11.3 Å². The van der Waals surface area contributed by atoms with Gasteiger partial charge in [-0.3, -0.25) is 0 Å². The zero-order chi connectivity index (χ0) is 18.0. The third-order valence-corrected chi connectivity index (χ3v) is 3.76. The number of methoxy groups -OCH3 is 1. The van der Waals surface area contributed by atoms with Gasteiger partial charge in [-0.05, 0) is 24.3 Å². The summed E-state index contributed by atoms with van der Waals surface area (Å²) in [6.07, 6.45) is 2.54. The Balaban J connectivity index is 2.10. The van der Waals surface area contributed by atoms with Gasteiger partial charge in [0, 0.05) is 17.3 Å². The van der Waals surface area contributed by atoms with Crippen molar-refractivity contribution in [3.8, 4) is 17.0 Å². The molecule has 25 heavy (non-hydrogen) atoms. The Morgan fingerprint density at radius 2 is 2.12 bits per heavy atom. The van der Waals surface area contributed by atoms with Gasteiger partial charge in [0.15, 0.2) is 6.80 Å². The molecule has 8 heteroatoms. The van der Waals surface area contributed by atoms with Crippen molar-refractivity contribution in [1.29, 1.82) is 0 Å². The number of aliphatic hydroxyl groups is 1. The van der Waals surface area contributed by atoms with Crippen LogP contribution in [0, 0.1) is 5.82 Å². The van der Waals surface area contributed by atoms with Gasteiger partial charge >= 0.3 is 0 Å². The van der Waals surface area contributed by atoms with Gasteiger partial charge in [0.05, 0.1) is 24.5 Å². The first kappa shape index (κ1) is 17.1. The molecule has 1 atom stereocenters. The fourth-order valence-electron chi connectivity index (χ4n) is 2.44. The molecule has 0 fully saturated rings. The Kier molecular flexibility index (Phi) is 4.54. The van der Waals surface area contributed by atoms with Crippen LogP contribution in [-0.2, 0) is 12.3 Å². The predicted molar refractivity (Wildman–Crippen MR) is 88.3 cm³/mol. The molecular formula is C17H14BF2N3O2. The molecule has 1 unspecified atom stereocenters. The van der Waals surface area contributed by atoms with Gasteiger partial charge in [-0.1, -0.05) is 12.1 Å². The van der Waals surface area contributed by atoms with Crippen LogP contribution in [0.2, 0.25) is 0 Å². The molecule has 2 heterocycles. The van der Waals surface area contributed by atoms with E-state index in [1.807, 2.05) is 0 Å². The Morgan fingerprint density at radius 3 is 2.76 bits per heavy atom. The van der Waals surface area contributed by atoms with Gasteiger partial charge in [-0.15, -0.1) is 0 Å². The van der Waals surface area contributed by atoms with Crippen molar-refractivity contribution in [2.75, 3.05) is 7.11 Å². The minimum atomic E-state index is -2.00. The summed E-state index contributed by atoms with van der Waals surface area (Å²) >= 11 is 0. The van der Waals surface area contributed by atoms with Gasteiger partial charge in [-0.25, -0.2) is 18.4 Å². The van der Waals surface area contributed by atoms with E-state index in [1.54, 1.807) is 18.2 Å². The van der Waals surface area contributed by atoms with Crippen molar-refractivity contribution >= 4 is 7.85 Å². The minimum absolute atomic E-state index is 0.0889. The molecule has 0 aliphatic rings. The smallest absolute Gasteiger partial charge is 0.181 e. The second kappa shape index (κ2) is 6.64. The maximum absolute atomic E-state index is 13.5. The normalized spacial score (nSPS) is 13.4. The Labute approximate surface area is 144 Å². The molecule has 5 nitrogen and oxygen atoms in total. The number of pyridine rings is 1. The summed E-state index contributed by atoms with van der Waals surface area (Å²) in [6, 6.07) is 8.86. The Hall–Kier alpha value is -2.74. The van der Waals surface area contributed by atoms with Gasteiger partial charge < -0.3 is 9.84 Å². The minimum Gasteiger partial charge on any atom is -0.494 e. The average molecular weight is 341 g/mol. The predicted octanol–water partition coefficient (Wildman–Crippen LogP) is 2.38. The maximum atomic E-state index is 13.5. The number of halogens is 2. The van der Waals surface area contributed by atoms with Crippen LogP contribution in [0.4, 0.5) is 8.78 Å². The summed E-state index contributed by atoms with van der Waals surface area (Å²) in [5.41, 5.74) is -0.948. The fourth-order valence-corrected chi connectivity index (χ4v) is 2.44. The van der Waals surface area contributed by atoms with Gasteiger partial charge in [0.25, 0.3) is 0 Å². The SMILES string of the molecule is [B]C(O)(c1cnn(CF)c1)c1ccc(OC)c(-c2cccc(F)c2)n1. The van der Waals surface area contributed by atoms with Crippen LogP contribution in [0.25, 0.3) is 11.3 Å². The molecule has 1 aromatic carbocycles. The van der Waals surface area contributed by atoms with E-state index < -0.39 is 18.1 Å². The summed E-state index contributed by atoms with van der Waals surface area (Å²) in [4.78, 5) is 4.34. The van der Waals surface area contributed by atoms with E-state index in [0.717, 1.165) is 4.68 Å². The van der Waals surface area contributed by atoms with E-state index >= 15 is 0 Å². The summed E-state index contributed by atoms with van der Waals surface area (Å²) in [6.45, 7) is -0.847. The molecule has 0 aliphatic heterocycles. The van der Waals surface area contributed by atoms with E-state index in [0.29, 0.717) is 17.0 Å². The van der Waals surface area contributed by atoms with Crippen LogP contribution >= 0.6 is 0 Å². The van der Waals surface area contributed by atoms with Gasteiger partial charge in [0.1, 0.15) is 25.1 Å². The molecule has 2 aromatic heterocycles. The Bertz CT molecular complexity index is 899. The fraction of sp³-hybridized carbons (Fsp3) is 0.176. The number of benzene rings is 1. The number of ether oxygens (including phenoxy) is 1. The number of hydrogen-bond donors (Lipinski definition) is 1. The lowest BCUT2D eigenvalue weighted by Gasteiger charge is -2.23. The van der Waals surface area contributed by atoms with Crippen LogP contribution in [0.1, 0.15) is 11.3 Å². The standard InChI is InChI=1S/C17H14BF2N3O2/c1-25-14-5-6-15(17(18,24)12-8-21-23(9-12)10-19)22-16(14)11-3-2-4-13(20)7-11/h2-9,24H,10H2,1H3. The lowest BCUT2D eigenvalue weighted by Crippen LogP contribution is -2.28. The molecular weight excluding hydrogens is 327 g/mol. The first-order valence-corrected chi connectivity index (χ1v) is 7.37. The van der Waals surface area contributed by atoms with E-state index in [2.05, 4.69) is 10.1 Å². The van der Waals surface area contributed by atoms with Crippen LogP contribution < -0.4 is 4.74 Å². The van der Waals surface area contributed by atoms with Crippen molar-refractivity contribution in [2.24, 2.45) is 0 Å². The quantitative estimate of drug-likeness (QED) is 0.724. The van der Waals surface area contributed by atoms with Crippen LogP contribution in [-0.4, -0.2) is 34.8 Å². The van der Waals surface area contributed by atoms with Gasteiger partial charge in [-0.2, -0.15) is 5.10 Å². The van der Waals surface area contributed by atoms with E-state index in [1.165, 1.54) is 37.7 Å². The topological polar surface area (TPSA) is 60.2 Å². The van der Waals surface area contributed by atoms with Crippen LogP contribution in [0.15, 0.2) is 48.8 Å². The molecule has 3 rings (SSSR count). The third kappa shape index (κ3) is 3.25. The number of rotatable bonds is 5. The molecule has 1 N–H and O–H groups in total. The molecule has 0 aliphatic carbocycles. The first-order valence-electron chi connectivity index (χ1n) is 7.37. The molecule has 0 amide bonds. The summed E-state index contributed by atoms with van der Waals surface area (Å²) < 4.78 is 32.5. The third-order valence-electron chi connectivity index (χ3n) is 3.76. The highest BCUT2D eigenvalue weighted by Gasteiger charge is 2.29. The van der Waals surface area contributed by atoms with Crippen molar-refractivity contribution in [3.63, 3.8) is 0 Å². The summed E-state index contributed by atoms with van der Waals surface area (Å²) in [5.74, 6) is -0.0383. The lowest BCUT2D eigenvalue weighted by molar-refractivity contribution is 0.167. The van der Waals surface area contributed by atoms with Crippen molar-refractivity contribution < 1.29 is 18.6 Å². The second-order valence-corrected chi connectivity index (χ2v) is 5.41. The molecule has 3 aromatic rings. The largest absolute Gasteiger partial charge is 0.494 e. The van der Waals surface area contributed by atoms with Gasteiger partial charge in [0.2, 0.25) is 0 Å². The molecule has 2 radical (unpaired) electrons. The van der Waals surface area contributed by atoms with Crippen molar-refractivity contribution in [1.82, 2.24) is 14.8 Å². The maximum Gasteiger partial charge on any atom is 0.181 e. The molecule has 0 saturated heterocycles. The van der Waals surface area contributed by atoms with E-state index in [4.69, 9.17) is 12.6 Å². The van der Waals surface area contributed by atoms with Crippen molar-refractivity contribution in [2.45, 2.75) is 12.3 Å². The Morgan fingerprint density at radius 1 is 1.32 bits per heavy atom. The first-order chi connectivity index (χ1) is 12.0. The number of aromatic nitrogens is 3. The van der Waals surface area contributed by atoms with Crippen LogP contribution in [0.3, 0.4) is 0 Å². The molecule has 126 valence electrons. The highest BCUT2D eigenvalue weighted by Crippen LogP contribution is 2.32. The number of nitrogens with zero attached hydrogens (tertiary/aromatic N) is 3. The monoisotopic (exact) mass is 341 g/mol. The second-order valence-electron chi connectivity index (χ2n) is 5.41. The highest BCUT2D eigenvalue weighted by atomic mass is 19.1. The molecule has 0 saturated carbocycles. The average Bonchev–Trinajstić information content (AvgIpc) is 3.11.